The molecule has 3 unspecified atom stereocenters. The first-order chi connectivity index (χ1) is 9.63. The van der Waals surface area contributed by atoms with Gasteiger partial charge in [-0.15, -0.1) is 0 Å². The van der Waals surface area contributed by atoms with Crippen LogP contribution in [0.2, 0.25) is 0 Å². The van der Waals surface area contributed by atoms with E-state index in [1.54, 1.807) is 0 Å². The standard InChI is InChI=1S/C15H26N2O3/c1-2-11-7-5-6-10-17(11)15(20)16-13-9-4-3-8-12(13)14(18)19/h11-13H,2-10H2,1H3,(H,16,20)(H,18,19). The highest BCUT2D eigenvalue weighted by Gasteiger charge is 2.34. The molecule has 0 bridgehead atoms. The second-order valence-corrected chi connectivity index (χ2v) is 6.04. The Kier molecular flexibility index (Phi) is 5.26. The summed E-state index contributed by atoms with van der Waals surface area (Å²) in [5.41, 5.74) is 0. The lowest BCUT2D eigenvalue weighted by Gasteiger charge is -2.38. The van der Waals surface area contributed by atoms with Crippen LogP contribution in [0.5, 0.6) is 0 Å². The van der Waals surface area contributed by atoms with Gasteiger partial charge >= 0.3 is 12.0 Å². The third-order valence-corrected chi connectivity index (χ3v) is 4.75. The van der Waals surface area contributed by atoms with Gasteiger partial charge in [0.15, 0.2) is 0 Å². The van der Waals surface area contributed by atoms with Gasteiger partial charge in [0.2, 0.25) is 0 Å². The number of likely N-dealkylation sites (tertiary alicyclic amines) is 1. The Morgan fingerprint density at radius 1 is 1.15 bits per heavy atom. The van der Waals surface area contributed by atoms with Gasteiger partial charge in [-0.05, 0) is 38.5 Å². The third-order valence-electron chi connectivity index (χ3n) is 4.75. The number of nitrogens with one attached hydrogen (secondary N) is 1. The van der Waals surface area contributed by atoms with Gasteiger partial charge in [-0.2, -0.15) is 0 Å². The molecule has 2 rings (SSSR count). The minimum Gasteiger partial charge on any atom is -0.481 e. The summed E-state index contributed by atoms with van der Waals surface area (Å²) < 4.78 is 0. The first-order valence-electron chi connectivity index (χ1n) is 7.93. The molecule has 0 aromatic rings. The maximum absolute atomic E-state index is 12.4. The molecule has 0 aromatic carbocycles. The van der Waals surface area contributed by atoms with E-state index in [4.69, 9.17) is 0 Å². The zero-order chi connectivity index (χ0) is 14.5. The molecule has 2 fully saturated rings. The minimum atomic E-state index is -0.777. The van der Waals surface area contributed by atoms with Crippen molar-refractivity contribution in [3.63, 3.8) is 0 Å². The van der Waals surface area contributed by atoms with Crippen molar-refractivity contribution < 1.29 is 14.7 Å². The maximum atomic E-state index is 12.4. The Labute approximate surface area is 120 Å². The van der Waals surface area contributed by atoms with E-state index in [1.807, 2.05) is 4.90 Å². The predicted octanol–water partition coefficient (Wildman–Crippen LogP) is 2.60. The molecule has 1 aliphatic heterocycles. The molecule has 3 atom stereocenters. The van der Waals surface area contributed by atoms with Gasteiger partial charge in [-0.25, -0.2) is 4.79 Å². The van der Waals surface area contributed by atoms with Gasteiger partial charge in [-0.1, -0.05) is 19.8 Å². The van der Waals surface area contributed by atoms with E-state index in [-0.39, 0.29) is 12.1 Å². The number of carboxylic acids is 1. The van der Waals surface area contributed by atoms with Crippen molar-refractivity contribution in [2.75, 3.05) is 6.54 Å². The molecule has 2 N–H and O–H groups in total. The largest absolute Gasteiger partial charge is 0.481 e. The lowest BCUT2D eigenvalue weighted by molar-refractivity contribution is -0.143. The number of carbonyl (C=O) groups is 2. The Hall–Kier alpha value is -1.26. The molecular weight excluding hydrogens is 256 g/mol. The molecule has 2 amide bonds. The average Bonchev–Trinajstić information content (AvgIpc) is 2.47. The normalized spacial score (nSPS) is 30.9. The van der Waals surface area contributed by atoms with Gasteiger partial charge < -0.3 is 15.3 Å². The quantitative estimate of drug-likeness (QED) is 0.836. The molecule has 2 aliphatic rings. The van der Waals surface area contributed by atoms with Crippen molar-refractivity contribution in [2.24, 2.45) is 5.92 Å². The molecule has 1 saturated heterocycles. The molecule has 114 valence electrons. The van der Waals surface area contributed by atoms with E-state index in [1.165, 1.54) is 6.42 Å². The van der Waals surface area contributed by atoms with Crippen LogP contribution < -0.4 is 5.32 Å². The van der Waals surface area contributed by atoms with Gasteiger partial charge in [-0.3, -0.25) is 4.79 Å². The molecular formula is C15H26N2O3. The first kappa shape index (κ1) is 15.1. The summed E-state index contributed by atoms with van der Waals surface area (Å²) in [4.78, 5) is 25.6. The number of amides is 2. The highest BCUT2D eigenvalue weighted by atomic mass is 16.4. The van der Waals surface area contributed by atoms with Crippen LogP contribution in [0.4, 0.5) is 4.79 Å². The van der Waals surface area contributed by atoms with E-state index in [2.05, 4.69) is 12.2 Å². The predicted molar refractivity (Wildman–Crippen MR) is 76.5 cm³/mol. The molecule has 5 nitrogen and oxygen atoms in total. The number of carboxylic acid groups (broad SMARTS) is 1. The summed E-state index contributed by atoms with van der Waals surface area (Å²) in [7, 11) is 0. The van der Waals surface area contributed by atoms with Gasteiger partial charge in [0.1, 0.15) is 0 Å². The number of hydrogen-bond acceptors (Lipinski definition) is 2. The van der Waals surface area contributed by atoms with Crippen molar-refractivity contribution >= 4 is 12.0 Å². The van der Waals surface area contributed by atoms with Crippen LogP contribution >= 0.6 is 0 Å². The van der Waals surface area contributed by atoms with Gasteiger partial charge in [0.25, 0.3) is 0 Å². The Morgan fingerprint density at radius 2 is 1.85 bits per heavy atom. The fourth-order valence-corrected chi connectivity index (χ4v) is 3.53. The monoisotopic (exact) mass is 282 g/mol. The molecule has 5 heteroatoms. The zero-order valence-electron chi connectivity index (χ0n) is 12.3. The Bertz CT molecular complexity index is 359. The lowest BCUT2D eigenvalue weighted by atomic mass is 9.84. The maximum Gasteiger partial charge on any atom is 0.317 e. The first-order valence-corrected chi connectivity index (χ1v) is 7.93. The van der Waals surface area contributed by atoms with E-state index < -0.39 is 11.9 Å². The summed E-state index contributed by atoms with van der Waals surface area (Å²) in [6, 6.07) is 0.0542. The van der Waals surface area contributed by atoms with E-state index in [0.29, 0.717) is 12.5 Å². The molecule has 1 saturated carbocycles. The zero-order valence-corrected chi connectivity index (χ0v) is 12.3. The molecule has 0 aromatic heterocycles. The van der Waals surface area contributed by atoms with Crippen LogP contribution in [0, 0.1) is 5.92 Å². The summed E-state index contributed by atoms with van der Waals surface area (Å²) in [6.45, 7) is 2.91. The molecule has 0 radical (unpaired) electrons. The van der Waals surface area contributed by atoms with E-state index in [9.17, 15) is 14.7 Å². The fourth-order valence-electron chi connectivity index (χ4n) is 3.53. The highest BCUT2D eigenvalue weighted by molar-refractivity contribution is 5.77. The smallest absolute Gasteiger partial charge is 0.317 e. The topological polar surface area (TPSA) is 69.6 Å². The number of nitrogens with zero attached hydrogens (tertiary/aromatic N) is 1. The summed E-state index contributed by atoms with van der Waals surface area (Å²) >= 11 is 0. The van der Waals surface area contributed by atoms with Crippen LogP contribution in [0.25, 0.3) is 0 Å². The fraction of sp³-hybridized carbons (Fsp3) is 0.867. The Balaban J connectivity index is 1.96. The number of urea groups is 1. The minimum absolute atomic E-state index is 0.0605. The van der Waals surface area contributed by atoms with Gasteiger partial charge in [0, 0.05) is 18.6 Å². The molecule has 20 heavy (non-hydrogen) atoms. The molecule has 1 heterocycles. The van der Waals surface area contributed by atoms with Crippen LogP contribution in [-0.4, -0.2) is 40.6 Å². The van der Waals surface area contributed by atoms with Crippen molar-refractivity contribution in [1.29, 1.82) is 0 Å². The van der Waals surface area contributed by atoms with Crippen molar-refractivity contribution in [1.82, 2.24) is 10.2 Å². The summed E-state index contributed by atoms with van der Waals surface area (Å²) in [5.74, 6) is -1.20. The second-order valence-electron chi connectivity index (χ2n) is 6.04. The number of piperidine rings is 1. The highest BCUT2D eigenvalue weighted by Crippen LogP contribution is 2.26. The third kappa shape index (κ3) is 3.44. The lowest BCUT2D eigenvalue weighted by Crippen LogP contribution is -2.54. The van der Waals surface area contributed by atoms with Crippen molar-refractivity contribution in [3.05, 3.63) is 0 Å². The molecule has 0 spiro atoms. The van der Waals surface area contributed by atoms with E-state index >= 15 is 0 Å². The van der Waals surface area contributed by atoms with Crippen molar-refractivity contribution in [2.45, 2.75) is 70.4 Å². The van der Waals surface area contributed by atoms with Crippen LogP contribution in [0.3, 0.4) is 0 Å². The van der Waals surface area contributed by atoms with Gasteiger partial charge in [0.05, 0.1) is 5.92 Å². The number of hydrogen-bond donors (Lipinski definition) is 2. The number of carbonyl (C=O) groups excluding carboxylic acids is 1. The Morgan fingerprint density at radius 3 is 2.55 bits per heavy atom. The SMILES string of the molecule is CCC1CCCCN1C(=O)NC1CCCCC1C(=O)O. The summed E-state index contributed by atoms with van der Waals surface area (Å²) in [5, 5.41) is 12.3. The van der Waals surface area contributed by atoms with E-state index in [0.717, 1.165) is 45.1 Å². The second kappa shape index (κ2) is 6.95. The summed E-state index contributed by atoms with van der Waals surface area (Å²) in [6.07, 6.45) is 7.69. The number of rotatable bonds is 3. The molecule has 1 aliphatic carbocycles. The van der Waals surface area contributed by atoms with Crippen LogP contribution in [-0.2, 0) is 4.79 Å². The van der Waals surface area contributed by atoms with Crippen LogP contribution in [0.1, 0.15) is 58.3 Å². The number of aliphatic carboxylic acids is 1. The van der Waals surface area contributed by atoms with Crippen LogP contribution in [0.15, 0.2) is 0 Å². The average molecular weight is 282 g/mol. The van der Waals surface area contributed by atoms with Crippen molar-refractivity contribution in [3.8, 4) is 0 Å².